The zero-order chi connectivity index (χ0) is 22.8. The van der Waals surface area contributed by atoms with E-state index in [1.807, 2.05) is 12.3 Å². The van der Waals surface area contributed by atoms with Gasteiger partial charge in [0, 0.05) is 43.2 Å². The maximum absolute atomic E-state index is 13.7. The van der Waals surface area contributed by atoms with Crippen LogP contribution < -0.4 is 0 Å². The minimum absolute atomic E-state index is 0.0678. The summed E-state index contributed by atoms with van der Waals surface area (Å²) in [6.07, 6.45) is 7.07. The van der Waals surface area contributed by atoms with Gasteiger partial charge in [-0.3, -0.25) is 19.8 Å². The Morgan fingerprint density at radius 2 is 2.06 bits per heavy atom. The van der Waals surface area contributed by atoms with Gasteiger partial charge >= 0.3 is 0 Å². The van der Waals surface area contributed by atoms with Crippen molar-refractivity contribution in [2.45, 2.75) is 31.9 Å². The van der Waals surface area contributed by atoms with Crippen LogP contribution >= 0.6 is 0 Å². The summed E-state index contributed by atoms with van der Waals surface area (Å²) in [5.41, 5.74) is 3.15. The number of nitrogens with one attached hydrogen (secondary N) is 1. The first-order valence-electron chi connectivity index (χ1n) is 11.4. The Kier molecular flexibility index (Phi) is 5.95. The normalized spacial score (nSPS) is 20.8. The second-order valence-electron chi connectivity index (χ2n) is 9.34. The van der Waals surface area contributed by atoms with Crippen molar-refractivity contribution in [3.8, 4) is 11.3 Å². The second kappa shape index (κ2) is 9.03. The number of halogens is 1. The highest BCUT2D eigenvalue weighted by Gasteiger charge is 2.43. The number of nitrogens with zero attached hydrogens (tertiary/aromatic N) is 4. The number of aromatic nitrogens is 3. The lowest BCUT2D eigenvalue weighted by molar-refractivity contribution is -0.0337. The largest absolute Gasteiger partial charge is 0.391 e. The molecule has 33 heavy (non-hydrogen) atoms. The Bertz CT molecular complexity index is 1110. The fourth-order valence-electron chi connectivity index (χ4n) is 5.29. The van der Waals surface area contributed by atoms with Crippen LogP contribution in [0.25, 0.3) is 11.3 Å². The summed E-state index contributed by atoms with van der Waals surface area (Å²) in [7, 11) is 0. The molecule has 1 unspecified atom stereocenters. The lowest BCUT2D eigenvalue weighted by atomic mass is 9.71. The van der Waals surface area contributed by atoms with Crippen LogP contribution in [0.15, 0.2) is 55.0 Å². The summed E-state index contributed by atoms with van der Waals surface area (Å²) in [5.74, 6) is -0.337. The number of H-pyrrole nitrogens is 1. The lowest BCUT2D eigenvalue weighted by Gasteiger charge is -2.49. The summed E-state index contributed by atoms with van der Waals surface area (Å²) in [5, 5.41) is 17.8. The summed E-state index contributed by atoms with van der Waals surface area (Å²) < 4.78 is 13.7. The van der Waals surface area contributed by atoms with E-state index < -0.39 is 6.10 Å². The molecule has 5 rings (SSSR count). The Hall–Kier alpha value is -3.10. The quantitative estimate of drug-likeness (QED) is 0.639. The van der Waals surface area contributed by atoms with Crippen molar-refractivity contribution in [2.75, 3.05) is 26.2 Å². The van der Waals surface area contributed by atoms with Crippen LogP contribution in [0.2, 0.25) is 0 Å². The molecule has 7 nitrogen and oxygen atoms in total. The molecule has 2 saturated heterocycles. The van der Waals surface area contributed by atoms with E-state index in [0.717, 1.165) is 55.7 Å². The molecule has 0 radical (unpaired) electrons. The van der Waals surface area contributed by atoms with Crippen LogP contribution in [0.3, 0.4) is 0 Å². The van der Waals surface area contributed by atoms with Gasteiger partial charge in [0.15, 0.2) is 0 Å². The molecule has 2 N–H and O–H groups in total. The number of β-amino-alcohol motifs (C(OH)–C–C–N with tert-alkyl or cyclic N) is 1. The van der Waals surface area contributed by atoms with E-state index in [2.05, 4.69) is 20.1 Å². The van der Waals surface area contributed by atoms with Gasteiger partial charge in [-0.15, -0.1) is 0 Å². The number of likely N-dealkylation sites (tertiary alicyclic amines) is 2. The van der Waals surface area contributed by atoms with Crippen molar-refractivity contribution in [1.29, 1.82) is 0 Å². The zero-order valence-corrected chi connectivity index (χ0v) is 18.5. The maximum Gasteiger partial charge on any atom is 0.255 e. The minimum Gasteiger partial charge on any atom is -0.391 e. The van der Waals surface area contributed by atoms with Crippen LogP contribution in [0.5, 0.6) is 0 Å². The van der Waals surface area contributed by atoms with E-state index in [1.54, 1.807) is 35.5 Å². The predicted octanol–water partition coefficient (Wildman–Crippen LogP) is 3.10. The molecule has 2 aliphatic heterocycles. The molecule has 1 atom stereocenters. The van der Waals surface area contributed by atoms with Crippen molar-refractivity contribution in [3.63, 3.8) is 0 Å². The average Bonchev–Trinajstić information content (AvgIpc) is 3.28. The number of rotatable bonds is 4. The SMILES string of the molecule is O=C(c1cccnc1)N1CC(O)CC2(CCN(Cc3cn[nH]c3-c3cccc(F)c3)CC2)C1. The molecule has 2 aromatic heterocycles. The molecule has 1 aromatic carbocycles. The number of amides is 1. The molecular formula is C25H28FN5O2. The number of aromatic amines is 1. The van der Waals surface area contributed by atoms with Crippen molar-refractivity contribution < 1.29 is 14.3 Å². The van der Waals surface area contributed by atoms with E-state index in [4.69, 9.17) is 0 Å². The molecular weight excluding hydrogens is 421 g/mol. The topological polar surface area (TPSA) is 85.3 Å². The summed E-state index contributed by atoms with van der Waals surface area (Å²) in [6, 6.07) is 10.1. The number of piperidine rings is 2. The predicted molar refractivity (Wildman–Crippen MR) is 122 cm³/mol. The van der Waals surface area contributed by atoms with E-state index in [9.17, 15) is 14.3 Å². The third kappa shape index (κ3) is 4.67. The van der Waals surface area contributed by atoms with Gasteiger partial charge in [0.2, 0.25) is 0 Å². The van der Waals surface area contributed by atoms with E-state index >= 15 is 0 Å². The van der Waals surface area contributed by atoms with Gasteiger partial charge in [-0.2, -0.15) is 5.10 Å². The second-order valence-corrected chi connectivity index (χ2v) is 9.34. The Morgan fingerprint density at radius 1 is 1.21 bits per heavy atom. The summed E-state index contributed by atoms with van der Waals surface area (Å²) in [6.45, 7) is 3.49. The van der Waals surface area contributed by atoms with Crippen LogP contribution in [-0.2, 0) is 6.54 Å². The van der Waals surface area contributed by atoms with Gasteiger partial charge in [0.05, 0.1) is 23.6 Å². The minimum atomic E-state index is -0.514. The fourth-order valence-corrected chi connectivity index (χ4v) is 5.29. The van der Waals surface area contributed by atoms with Gasteiger partial charge < -0.3 is 10.0 Å². The molecule has 4 heterocycles. The van der Waals surface area contributed by atoms with Gasteiger partial charge in [-0.1, -0.05) is 12.1 Å². The lowest BCUT2D eigenvalue weighted by Crippen LogP contribution is -2.55. The first kappa shape index (κ1) is 21.7. The van der Waals surface area contributed by atoms with Crippen LogP contribution in [0.4, 0.5) is 4.39 Å². The molecule has 0 bridgehead atoms. The zero-order valence-electron chi connectivity index (χ0n) is 18.5. The number of benzene rings is 1. The number of hydrogen-bond donors (Lipinski definition) is 2. The van der Waals surface area contributed by atoms with Crippen molar-refractivity contribution in [2.24, 2.45) is 5.41 Å². The Balaban J connectivity index is 1.24. The van der Waals surface area contributed by atoms with Crippen molar-refractivity contribution >= 4 is 5.91 Å². The molecule has 2 fully saturated rings. The maximum atomic E-state index is 13.7. The highest BCUT2D eigenvalue weighted by atomic mass is 19.1. The smallest absolute Gasteiger partial charge is 0.255 e. The number of carbonyl (C=O) groups is 1. The number of carbonyl (C=O) groups excluding carboxylic acids is 1. The molecule has 0 aliphatic carbocycles. The summed E-state index contributed by atoms with van der Waals surface area (Å²) >= 11 is 0. The third-order valence-electron chi connectivity index (χ3n) is 6.96. The fraction of sp³-hybridized carbons (Fsp3) is 0.400. The number of aliphatic hydroxyl groups is 1. The van der Waals surface area contributed by atoms with Crippen LogP contribution in [0, 0.1) is 11.2 Å². The first-order chi connectivity index (χ1) is 16.0. The number of hydrogen-bond acceptors (Lipinski definition) is 5. The number of aliphatic hydroxyl groups excluding tert-OH is 1. The Morgan fingerprint density at radius 3 is 2.82 bits per heavy atom. The Labute approximate surface area is 192 Å². The third-order valence-corrected chi connectivity index (χ3v) is 6.96. The number of pyridine rings is 1. The van der Waals surface area contributed by atoms with Crippen molar-refractivity contribution in [3.05, 3.63) is 71.9 Å². The molecule has 1 spiro atoms. The highest BCUT2D eigenvalue weighted by Crippen LogP contribution is 2.41. The molecule has 3 aromatic rings. The molecule has 8 heteroatoms. The van der Waals surface area contributed by atoms with Gasteiger partial charge in [0.1, 0.15) is 5.82 Å². The van der Waals surface area contributed by atoms with Crippen LogP contribution in [-0.4, -0.2) is 68.3 Å². The molecule has 172 valence electrons. The van der Waals surface area contributed by atoms with E-state index in [1.165, 1.54) is 12.1 Å². The average molecular weight is 450 g/mol. The van der Waals surface area contributed by atoms with Gasteiger partial charge in [0.25, 0.3) is 5.91 Å². The van der Waals surface area contributed by atoms with E-state index in [0.29, 0.717) is 18.7 Å². The highest BCUT2D eigenvalue weighted by molar-refractivity contribution is 5.94. The van der Waals surface area contributed by atoms with Crippen molar-refractivity contribution in [1.82, 2.24) is 25.0 Å². The monoisotopic (exact) mass is 449 g/mol. The standard InChI is InChI=1S/C25H28FN5O2/c26-21-5-1-3-18(11-21)23-20(14-28-29-23)15-30-9-6-25(7-10-30)12-22(32)16-31(17-25)24(33)19-4-2-8-27-13-19/h1-5,8,11,13-14,22,32H,6-7,9-10,12,15-17H2,(H,28,29). The molecule has 0 saturated carbocycles. The van der Waals surface area contributed by atoms with E-state index in [-0.39, 0.29) is 17.1 Å². The molecule has 1 amide bonds. The first-order valence-corrected chi connectivity index (χ1v) is 11.4. The van der Waals surface area contributed by atoms with Gasteiger partial charge in [-0.25, -0.2) is 4.39 Å². The van der Waals surface area contributed by atoms with Gasteiger partial charge in [-0.05, 0) is 62.0 Å². The van der Waals surface area contributed by atoms with Crippen LogP contribution in [0.1, 0.15) is 35.2 Å². The summed E-state index contributed by atoms with van der Waals surface area (Å²) in [4.78, 5) is 21.2. The molecule has 2 aliphatic rings.